The number of hydrogen-bond acceptors (Lipinski definition) is 6. The Morgan fingerprint density at radius 1 is 1.15 bits per heavy atom. The third kappa shape index (κ3) is 4.64. The summed E-state index contributed by atoms with van der Waals surface area (Å²) in [4.78, 5) is 22.2. The Morgan fingerprint density at radius 2 is 1.80 bits per heavy atom. The molecule has 0 fully saturated rings. The first-order valence-corrected chi connectivity index (χ1v) is 6.06. The molecule has 1 aromatic rings. The molecule has 2 N–H and O–H groups in total. The van der Waals surface area contributed by atoms with Crippen LogP contribution in [0.3, 0.4) is 0 Å². The molecule has 0 aliphatic carbocycles. The van der Waals surface area contributed by atoms with Crippen LogP contribution >= 0.6 is 0 Å². The van der Waals surface area contributed by atoms with E-state index in [2.05, 4.69) is 9.47 Å². The number of ether oxygens (including phenoxy) is 2. The smallest absolute Gasteiger partial charge is 0.309 e. The molecule has 1 aromatic carbocycles. The van der Waals surface area contributed by atoms with Gasteiger partial charge in [0.2, 0.25) is 0 Å². The van der Waals surface area contributed by atoms with Gasteiger partial charge >= 0.3 is 11.9 Å². The highest BCUT2D eigenvalue weighted by Crippen LogP contribution is 2.20. The van der Waals surface area contributed by atoms with Crippen molar-refractivity contribution in [1.82, 2.24) is 0 Å². The maximum atomic E-state index is 11.2. The molecule has 6 nitrogen and oxygen atoms in total. The van der Waals surface area contributed by atoms with E-state index in [1.807, 2.05) is 0 Å². The predicted molar refractivity (Wildman–Crippen MR) is 69.8 cm³/mol. The molecule has 0 bridgehead atoms. The SMILES string of the molecule is COC(=O)Cc1cccc(C(O)C(O)CC(=O)OC)c1. The first-order chi connectivity index (χ1) is 9.47. The number of esters is 2. The maximum absolute atomic E-state index is 11.2. The van der Waals surface area contributed by atoms with Crippen molar-refractivity contribution in [2.24, 2.45) is 0 Å². The van der Waals surface area contributed by atoms with Crippen molar-refractivity contribution >= 4 is 11.9 Å². The Hall–Kier alpha value is -1.92. The van der Waals surface area contributed by atoms with Gasteiger partial charge in [-0.1, -0.05) is 24.3 Å². The lowest BCUT2D eigenvalue weighted by atomic mass is 9.99. The van der Waals surface area contributed by atoms with Crippen LogP contribution in [0.5, 0.6) is 0 Å². The standard InChI is InChI=1S/C14H18O6/c1-19-12(16)7-9-4-3-5-10(6-9)14(18)11(15)8-13(17)20-2/h3-6,11,14-15,18H,7-8H2,1-2H3. The molecule has 110 valence electrons. The second kappa shape index (κ2) is 7.62. The summed E-state index contributed by atoms with van der Waals surface area (Å²) >= 11 is 0. The van der Waals surface area contributed by atoms with Gasteiger partial charge in [0.15, 0.2) is 0 Å². The predicted octanol–water partition coefficient (Wildman–Crippen LogP) is 0.359. The first-order valence-electron chi connectivity index (χ1n) is 6.06. The number of rotatable bonds is 6. The minimum absolute atomic E-state index is 0.0736. The van der Waals surface area contributed by atoms with Crippen molar-refractivity contribution in [3.8, 4) is 0 Å². The number of carbonyl (C=O) groups excluding carboxylic acids is 2. The van der Waals surface area contributed by atoms with Crippen LogP contribution in [0.1, 0.15) is 23.7 Å². The maximum Gasteiger partial charge on any atom is 0.309 e. The monoisotopic (exact) mass is 282 g/mol. The minimum Gasteiger partial charge on any atom is -0.469 e. The van der Waals surface area contributed by atoms with Crippen LogP contribution in [0.25, 0.3) is 0 Å². The second-order valence-corrected chi connectivity index (χ2v) is 4.29. The van der Waals surface area contributed by atoms with E-state index in [9.17, 15) is 19.8 Å². The van der Waals surface area contributed by atoms with E-state index in [1.165, 1.54) is 14.2 Å². The Kier molecular flexibility index (Phi) is 6.14. The molecule has 0 heterocycles. The number of aliphatic hydroxyl groups is 2. The topological polar surface area (TPSA) is 93.1 Å². The normalized spacial score (nSPS) is 13.4. The highest BCUT2D eigenvalue weighted by Gasteiger charge is 2.22. The zero-order valence-electron chi connectivity index (χ0n) is 11.4. The van der Waals surface area contributed by atoms with Crippen LogP contribution in [0.4, 0.5) is 0 Å². The summed E-state index contributed by atoms with van der Waals surface area (Å²) < 4.78 is 8.98. The highest BCUT2D eigenvalue weighted by atomic mass is 16.5. The molecule has 0 aliphatic rings. The van der Waals surface area contributed by atoms with Crippen molar-refractivity contribution in [1.29, 1.82) is 0 Å². The Morgan fingerprint density at radius 3 is 2.40 bits per heavy atom. The summed E-state index contributed by atoms with van der Waals surface area (Å²) in [5.74, 6) is -1.01. The van der Waals surface area contributed by atoms with Crippen molar-refractivity contribution in [3.63, 3.8) is 0 Å². The van der Waals surface area contributed by atoms with E-state index in [4.69, 9.17) is 0 Å². The third-order valence-corrected chi connectivity index (χ3v) is 2.84. The van der Waals surface area contributed by atoms with E-state index in [0.29, 0.717) is 11.1 Å². The van der Waals surface area contributed by atoms with Gasteiger partial charge in [0.1, 0.15) is 6.10 Å². The van der Waals surface area contributed by atoms with Crippen LogP contribution in [0, 0.1) is 0 Å². The number of aliphatic hydroxyl groups excluding tert-OH is 2. The molecule has 6 heteroatoms. The molecule has 0 saturated heterocycles. The summed E-state index contributed by atoms with van der Waals surface area (Å²) in [5.41, 5.74) is 1.07. The van der Waals surface area contributed by atoms with E-state index in [0.717, 1.165) is 0 Å². The lowest BCUT2D eigenvalue weighted by Gasteiger charge is -2.17. The highest BCUT2D eigenvalue weighted by molar-refractivity contribution is 5.72. The van der Waals surface area contributed by atoms with Gasteiger partial charge in [-0.05, 0) is 11.1 Å². The van der Waals surface area contributed by atoms with Gasteiger partial charge in [0.05, 0.1) is 33.2 Å². The molecule has 1 rings (SSSR count). The first kappa shape index (κ1) is 16.1. The van der Waals surface area contributed by atoms with Gasteiger partial charge in [-0.15, -0.1) is 0 Å². The molecular formula is C14H18O6. The average Bonchev–Trinajstić information content (AvgIpc) is 2.46. The molecule has 2 unspecified atom stereocenters. The van der Waals surface area contributed by atoms with Crippen LogP contribution in [-0.4, -0.2) is 42.5 Å². The van der Waals surface area contributed by atoms with E-state index in [-0.39, 0.29) is 12.8 Å². The summed E-state index contributed by atoms with van der Waals surface area (Å²) in [6.45, 7) is 0. The summed E-state index contributed by atoms with van der Waals surface area (Å²) in [6, 6.07) is 6.55. The molecule has 0 aliphatic heterocycles. The van der Waals surface area contributed by atoms with Crippen LogP contribution < -0.4 is 0 Å². The van der Waals surface area contributed by atoms with E-state index in [1.54, 1.807) is 24.3 Å². The van der Waals surface area contributed by atoms with Crippen LogP contribution in [0.2, 0.25) is 0 Å². The third-order valence-electron chi connectivity index (χ3n) is 2.84. The Bertz CT molecular complexity index is 470. The van der Waals surface area contributed by atoms with Gasteiger partial charge < -0.3 is 19.7 Å². The van der Waals surface area contributed by atoms with E-state index < -0.39 is 24.1 Å². The molecule has 0 radical (unpaired) electrons. The fraction of sp³-hybridized carbons (Fsp3) is 0.429. The molecule has 20 heavy (non-hydrogen) atoms. The number of hydrogen-bond donors (Lipinski definition) is 2. The molecule has 2 atom stereocenters. The molecule has 0 spiro atoms. The number of benzene rings is 1. The lowest BCUT2D eigenvalue weighted by Crippen LogP contribution is -2.22. The fourth-order valence-corrected chi connectivity index (χ4v) is 1.71. The van der Waals surface area contributed by atoms with Crippen molar-refractivity contribution < 1.29 is 29.3 Å². The lowest BCUT2D eigenvalue weighted by molar-refractivity contribution is -0.144. The number of methoxy groups -OCH3 is 2. The van der Waals surface area contributed by atoms with Crippen molar-refractivity contribution in [2.45, 2.75) is 25.0 Å². The van der Waals surface area contributed by atoms with Crippen LogP contribution in [-0.2, 0) is 25.5 Å². The quantitative estimate of drug-likeness (QED) is 0.732. The summed E-state index contributed by atoms with van der Waals surface area (Å²) in [6.07, 6.45) is -2.73. The largest absolute Gasteiger partial charge is 0.469 e. The molecule has 0 amide bonds. The molecular weight excluding hydrogens is 264 g/mol. The van der Waals surface area contributed by atoms with Gasteiger partial charge in [0, 0.05) is 0 Å². The van der Waals surface area contributed by atoms with Crippen molar-refractivity contribution in [2.75, 3.05) is 14.2 Å². The molecule has 0 saturated carbocycles. The van der Waals surface area contributed by atoms with Gasteiger partial charge in [-0.3, -0.25) is 9.59 Å². The average molecular weight is 282 g/mol. The zero-order chi connectivity index (χ0) is 15.1. The van der Waals surface area contributed by atoms with Gasteiger partial charge in [-0.2, -0.15) is 0 Å². The Balaban J connectivity index is 2.77. The van der Waals surface area contributed by atoms with Gasteiger partial charge in [-0.25, -0.2) is 0 Å². The van der Waals surface area contributed by atoms with Gasteiger partial charge in [0.25, 0.3) is 0 Å². The summed E-state index contributed by atoms with van der Waals surface area (Å²) in [5, 5.41) is 19.7. The van der Waals surface area contributed by atoms with Crippen molar-refractivity contribution in [3.05, 3.63) is 35.4 Å². The fourth-order valence-electron chi connectivity index (χ4n) is 1.71. The summed E-state index contributed by atoms with van der Waals surface area (Å²) in [7, 11) is 2.50. The second-order valence-electron chi connectivity index (χ2n) is 4.29. The number of carbonyl (C=O) groups is 2. The van der Waals surface area contributed by atoms with Crippen LogP contribution in [0.15, 0.2) is 24.3 Å². The molecule has 0 aromatic heterocycles. The zero-order valence-corrected chi connectivity index (χ0v) is 11.4. The minimum atomic E-state index is -1.27. The van der Waals surface area contributed by atoms with E-state index >= 15 is 0 Å². The Labute approximate surface area is 116 Å².